The lowest BCUT2D eigenvalue weighted by molar-refractivity contribution is -0.387. The summed E-state index contributed by atoms with van der Waals surface area (Å²) in [5.74, 6) is 1.37. The fourth-order valence-corrected chi connectivity index (χ4v) is 5.46. The van der Waals surface area contributed by atoms with E-state index in [0.29, 0.717) is 42.3 Å². The number of nitro benzene ring substituents is 1. The minimum atomic E-state index is -0.405. The first-order chi connectivity index (χ1) is 14.9. The van der Waals surface area contributed by atoms with Gasteiger partial charge in [0.15, 0.2) is 0 Å². The molecule has 0 saturated carbocycles. The van der Waals surface area contributed by atoms with Crippen LogP contribution in [-0.2, 0) is 4.79 Å². The van der Waals surface area contributed by atoms with Crippen LogP contribution in [0.4, 0.5) is 5.69 Å². The van der Waals surface area contributed by atoms with Gasteiger partial charge in [-0.3, -0.25) is 19.7 Å². The Bertz CT molecular complexity index is 800. The van der Waals surface area contributed by atoms with E-state index in [9.17, 15) is 19.7 Å². The lowest BCUT2D eigenvalue weighted by atomic mass is 9.94. The van der Waals surface area contributed by atoms with Gasteiger partial charge in [0.1, 0.15) is 0 Å². The fraction of sp³-hybridized carbons (Fsp3) is 0.652. The number of amides is 2. The van der Waals surface area contributed by atoms with Gasteiger partial charge in [-0.2, -0.15) is 0 Å². The Morgan fingerprint density at radius 1 is 1.10 bits per heavy atom. The summed E-state index contributed by atoms with van der Waals surface area (Å²) < 4.78 is 0. The Morgan fingerprint density at radius 2 is 1.77 bits per heavy atom. The molecule has 0 N–H and O–H groups in total. The van der Waals surface area contributed by atoms with Crippen LogP contribution < -0.4 is 0 Å². The van der Waals surface area contributed by atoms with Crippen LogP contribution >= 0.6 is 11.8 Å². The molecule has 31 heavy (non-hydrogen) atoms. The SMILES string of the molecule is CC(C)CCSc1ccc(C(=O)N2CCC(C(=O)N3CCCCC3)CC2)cc1[N+](=O)[O-]. The normalized spacial score (nSPS) is 17.8. The summed E-state index contributed by atoms with van der Waals surface area (Å²) in [4.78, 5) is 41.2. The molecule has 2 amide bonds. The number of nitrogens with zero attached hydrogens (tertiary/aromatic N) is 3. The number of piperidine rings is 2. The van der Waals surface area contributed by atoms with Gasteiger partial charge in [-0.1, -0.05) is 13.8 Å². The quantitative estimate of drug-likeness (QED) is 0.347. The van der Waals surface area contributed by atoms with Crippen LogP contribution in [0.3, 0.4) is 0 Å². The minimum absolute atomic E-state index is 0.00484. The zero-order chi connectivity index (χ0) is 22.4. The summed E-state index contributed by atoms with van der Waals surface area (Å²) in [6.45, 7) is 6.98. The maximum absolute atomic E-state index is 13.0. The van der Waals surface area contributed by atoms with Crippen LogP contribution in [0.1, 0.15) is 62.7 Å². The van der Waals surface area contributed by atoms with Gasteiger partial charge in [0, 0.05) is 43.7 Å². The van der Waals surface area contributed by atoms with E-state index in [1.54, 1.807) is 17.0 Å². The highest BCUT2D eigenvalue weighted by Crippen LogP contribution is 2.32. The molecule has 1 aromatic carbocycles. The lowest BCUT2D eigenvalue weighted by Crippen LogP contribution is -2.45. The van der Waals surface area contributed by atoms with Gasteiger partial charge in [-0.05, 0) is 62.3 Å². The van der Waals surface area contributed by atoms with Crippen LogP contribution in [0.5, 0.6) is 0 Å². The van der Waals surface area contributed by atoms with Crippen molar-refractivity contribution in [2.75, 3.05) is 31.9 Å². The average molecular weight is 448 g/mol. The van der Waals surface area contributed by atoms with Crippen LogP contribution in [0.2, 0.25) is 0 Å². The number of hydrogen-bond acceptors (Lipinski definition) is 5. The smallest absolute Gasteiger partial charge is 0.283 e. The molecule has 2 saturated heterocycles. The van der Waals surface area contributed by atoms with Gasteiger partial charge >= 0.3 is 0 Å². The predicted molar refractivity (Wildman–Crippen MR) is 122 cm³/mol. The molecule has 0 atom stereocenters. The molecule has 0 bridgehead atoms. The van der Waals surface area contributed by atoms with Crippen molar-refractivity contribution < 1.29 is 14.5 Å². The van der Waals surface area contributed by atoms with Gasteiger partial charge in [0.05, 0.1) is 9.82 Å². The van der Waals surface area contributed by atoms with Crippen molar-refractivity contribution in [1.82, 2.24) is 9.80 Å². The van der Waals surface area contributed by atoms with Gasteiger partial charge in [0.25, 0.3) is 11.6 Å². The van der Waals surface area contributed by atoms with E-state index in [1.165, 1.54) is 24.2 Å². The van der Waals surface area contributed by atoms with Crippen LogP contribution in [0.15, 0.2) is 23.1 Å². The Balaban J connectivity index is 1.60. The second-order valence-corrected chi connectivity index (χ2v) is 10.1. The third-order valence-corrected chi connectivity index (χ3v) is 7.25. The maximum Gasteiger partial charge on any atom is 0.283 e. The molecule has 0 unspecified atom stereocenters. The highest BCUT2D eigenvalue weighted by molar-refractivity contribution is 7.99. The summed E-state index contributed by atoms with van der Waals surface area (Å²) in [6.07, 6.45) is 5.64. The standard InChI is InChI=1S/C23H33N3O4S/c1-17(2)10-15-31-21-7-6-19(16-20(21)26(29)30)23(28)25-13-8-18(9-14-25)22(27)24-11-4-3-5-12-24/h6-7,16-18H,3-5,8-15H2,1-2H3. The highest BCUT2D eigenvalue weighted by Gasteiger charge is 2.31. The van der Waals surface area contributed by atoms with E-state index in [4.69, 9.17) is 0 Å². The topological polar surface area (TPSA) is 83.8 Å². The molecule has 2 heterocycles. The van der Waals surface area contributed by atoms with Gasteiger partial charge in [-0.15, -0.1) is 11.8 Å². The number of carbonyl (C=O) groups excluding carboxylic acids is 2. The molecule has 0 aromatic heterocycles. The first-order valence-electron chi connectivity index (χ1n) is 11.4. The molecule has 0 aliphatic carbocycles. The van der Waals surface area contributed by atoms with E-state index in [-0.39, 0.29) is 23.4 Å². The molecular weight excluding hydrogens is 414 g/mol. The number of thioether (sulfide) groups is 1. The largest absolute Gasteiger partial charge is 0.342 e. The van der Waals surface area contributed by atoms with Crippen molar-refractivity contribution in [2.45, 2.75) is 57.3 Å². The summed E-state index contributed by atoms with van der Waals surface area (Å²) in [7, 11) is 0. The molecule has 1 aromatic rings. The van der Waals surface area contributed by atoms with Gasteiger partial charge in [0.2, 0.25) is 5.91 Å². The monoisotopic (exact) mass is 447 g/mol. The first-order valence-corrected chi connectivity index (χ1v) is 12.3. The number of likely N-dealkylation sites (tertiary alicyclic amines) is 2. The van der Waals surface area contributed by atoms with Gasteiger partial charge < -0.3 is 9.80 Å². The van der Waals surface area contributed by atoms with Gasteiger partial charge in [-0.25, -0.2) is 0 Å². The molecule has 2 aliphatic heterocycles. The molecule has 2 aliphatic rings. The van der Waals surface area contributed by atoms with Crippen LogP contribution in [0, 0.1) is 22.0 Å². The van der Waals surface area contributed by atoms with Crippen LogP contribution in [0.25, 0.3) is 0 Å². The van der Waals surface area contributed by atoms with Crippen molar-refractivity contribution in [3.8, 4) is 0 Å². The number of carbonyl (C=O) groups is 2. The second-order valence-electron chi connectivity index (χ2n) is 8.92. The van der Waals surface area contributed by atoms with Crippen molar-refractivity contribution in [3.05, 3.63) is 33.9 Å². The zero-order valence-corrected chi connectivity index (χ0v) is 19.4. The highest BCUT2D eigenvalue weighted by atomic mass is 32.2. The maximum atomic E-state index is 13.0. The van der Waals surface area contributed by atoms with E-state index >= 15 is 0 Å². The molecule has 8 heteroatoms. The van der Waals surface area contributed by atoms with E-state index in [2.05, 4.69) is 13.8 Å². The average Bonchev–Trinajstić information content (AvgIpc) is 2.78. The lowest BCUT2D eigenvalue weighted by Gasteiger charge is -2.35. The Kier molecular flexibility index (Phi) is 8.35. The van der Waals surface area contributed by atoms with Crippen molar-refractivity contribution >= 4 is 29.3 Å². The number of benzene rings is 1. The summed E-state index contributed by atoms with van der Waals surface area (Å²) in [5.41, 5.74) is 0.343. The summed E-state index contributed by atoms with van der Waals surface area (Å²) in [5, 5.41) is 11.6. The Hall–Kier alpha value is -2.09. The van der Waals surface area contributed by atoms with E-state index in [0.717, 1.165) is 38.1 Å². The molecule has 170 valence electrons. The van der Waals surface area contributed by atoms with Crippen molar-refractivity contribution in [3.63, 3.8) is 0 Å². The second kappa shape index (κ2) is 11.0. The molecule has 0 spiro atoms. The fourth-order valence-electron chi connectivity index (χ4n) is 4.20. The molecular formula is C23H33N3O4S. The van der Waals surface area contributed by atoms with Crippen molar-refractivity contribution in [1.29, 1.82) is 0 Å². The zero-order valence-electron chi connectivity index (χ0n) is 18.5. The number of nitro groups is 1. The van der Waals surface area contributed by atoms with E-state index in [1.807, 2.05) is 4.90 Å². The first kappa shape index (κ1) is 23.6. The van der Waals surface area contributed by atoms with E-state index < -0.39 is 4.92 Å². The Labute approximate surface area is 188 Å². The molecule has 3 rings (SSSR count). The Morgan fingerprint density at radius 3 is 2.39 bits per heavy atom. The van der Waals surface area contributed by atoms with Crippen LogP contribution in [-0.4, -0.2) is 58.5 Å². The third-order valence-electron chi connectivity index (χ3n) is 6.15. The number of rotatable bonds is 7. The number of hydrogen-bond donors (Lipinski definition) is 0. The summed E-state index contributed by atoms with van der Waals surface area (Å²) in [6, 6.07) is 4.80. The minimum Gasteiger partial charge on any atom is -0.342 e. The molecule has 0 radical (unpaired) electrons. The third kappa shape index (κ3) is 6.21. The summed E-state index contributed by atoms with van der Waals surface area (Å²) >= 11 is 1.47. The molecule has 2 fully saturated rings. The predicted octanol–water partition coefficient (Wildman–Crippen LogP) is 4.60. The molecule has 7 nitrogen and oxygen atoms in total. The van der Waals surface area contributed by atoms with Crippen molar-refractivity contribution in [2.24, 2.45) is 11.8 Å².